The van der Waals surface area contributed by atoms with Gasteiger partial charge in [-0.1, -0.05) is 26.0 Å². The first-order valence-corrected chi connectivity index (χ1v) is 9.75. The largest absolute Gasteiger partial charge is 0.304 e. The number of hydrogen-bond acceptors (Lipinski definition) is 5. The molecule has 0 bridgehead atoms. The van der Waals surface area contributed by atoms with Gasteiger partial charge in [0.2, 0.25) is 10.0 Å². The Balaban J connectivity index is 2.10. The number of nitriles is 1. The predicted octanol–water partition coefficient (Wildman–Crippen LogP) is 1.11. The van der Waals surface area contributed by atoms with Crippen molar-refractivity contribution in [3.8, 4) is 6.07 Å². The molecule has 1 aromatic carbocycles. The highest BCUT2D eigenvalue weighted by Gasteiger charge is 2.27. The Bertz CT molecular complexity index is 689. The van der Waals surface area contributed by atoms with E-state index in [0.29, 0.717) is 12.5 Å². The molecule has 2 rings (SSSR count). The van der Waals surface area contributed by atoms with Gasteiger partial charge in [-0.05, 0) is 25.1 Å². The lowest BCUT2D eigenvalue weighted by molar-refractivity contribution is 0.0905. The normalized spacial score (nSPS) is 18.5. The van der Waals surface area contributed by atoms with Crippen molar-refractivity contribution < 1.29 is 8.42 Å². The zero-order valence-corrected chi connectivity index (χ0v) is 15.4. The van der Waals surface area contributed by atoms with E-state index in [9.17, 15) is 8.42 Å². The van der Waals surface area contributed by atoms with Crippen LogP contribution < -0.4 is 4.72 Å². The third-order valence-electron chi connectivity index (χ3n) is 4.56. The molecule has 0 saturated carbocycles. The zero-order valence-electron chi connectivity index (χ0n) is 14.6. The van der Waals surface area contributed by atoms with Gasteiger partial charge >= 0.3 is 0 Å². The summed E-state index contributed by atoms with van der Waals surface area (Å²) in [5, 5.41) is 9.12. The van der Waals surface area contributed by atoms with Crippen molar-refractivity contribution in [1.82, 2.24) is 14.5 Å². The number of sulfonamides is 1. The van der Waals surface area contributed by atoms with Crippen molar-refractivity contribution in [2.75, 3.05) is 39.8 Å². The van der Waals surface area contributed by atoms with Gasteiger partial charge in [0, 0.05) is 38.8 Å². The van der Waals surface area contributed by atoms with Crippen LogP contribution in [0.2, 0.25) is 0 Å². The summed E-state index contributed by atoms with van der Waals surface area (Å²) < 4.78 is 27.9. The van der Waals surface area contributed by atoms with E-state index in [2.05, 4.69) is 35.4 Å². The van der Waals surface area contributed by atoms with Crippen LogP contribution in [0.1, 0.15) is 19.4 Å². The molecule has 24 heavy (non-hydrogen) atoms. The lowest BCUT2D eigenvalue weighted by atomic mass is 10.0. The summed E-state index contributed by atoms with van der Waals surface area (Å²) in [7, 11) is -1.59. The maximum Gasteiger partial charge on any atom is 0.241 e. The number of likely N-dealkylation sites (N-methyl/N-ethyl adjacent to an activating group) is 1. The summed E-state index contributed by atoms with van der Waals surface area (Å²) in [4.78, 5) is 4.68. The zero-order chi connectivity index (χ0) is 17.7. The Morgan fingerprint density at radius 1 is 1.21 bits per heavy atom. The minimum atomic E-state index is -3.69. The second-order valence-corrected chi connectivity index (χ2v) is 8.35. The van der Waals surface area contributed by atoms with E-state index in [1.807, 2.05) is 6.07 Å². The van der Waals surface area contributed by atoms with Crippen molar-refractivity contribution in [1.29, 1.82) is 5.26 Å². The molecule has 0 amide bonds. The second-order valence-electron chi connectivity index (χ2n) is 6.61. The van der Waals surface area contributed by atoms with Crippen molar-refractivity contribution in [3.05, 3.63) is 29.8 Å². The third kappa shape index (κ3) is 4.54. The predicted molar refractivity (Wildman–Crippen MR) is 94.0 cm³/mol. The summed E-state index contributed by atoms with van der Waals surface area (Å²) in [5.74, 6) is 0.335. The maximum absolute atomic E-state index is 12.6. The lowest BCUT2D eigenvalue weighted by Gasteiger charge is -2.39. The monoisotopic (exact) mass is 350 g/mol. The maximum atomic E-state index is 12.6. The van der Waals surface area contributed by atoms with Crippen molar-refractivity contribution in [2.45, 2.75) is 24.8 Å². The van der Waals surface area contributed by atoms with E-state index in [4.69, 9.17) is 5.26 Å². The average molecular weight is 350 g/mol. The summed E-state index contributed by atoms with van der Waals surface area (Å²) >= 11 is 0. The van der Waals surface area contributed by atoms with Crippen LogP contribution in [0, 0.1) is 17.2 Å². The Morgan fingerprint density at radius 2 is 1.83 bits per heavy atom. The summed E-state index contributed by atoms with van der Waals surface area (Å²) in [6.45, 7) is 8.44. The van der Waals surface area contributed by atoms with E-state index >= 15 is 0 Å². The molecule has 132 valence electrons. The van der Waals surface area contributed by atoms with Crippen LogP contribution in [-0.4, -0.2) is 64.0 Å². The molecule has 1 N–H and O–H groups in total. The molecule has 1 aromatic rings. The Kier molecular flexibility index (Phi) is 6.35. The van der Waals surface area contributed by atoms with Crippen LogP contribution >= 0.6 is 0 Å². The molecule has 1 aliphatic heterocycles. The molecule has 6 nitrogen and oxygen atoms in total. The molecule has 1 atom stereocenters. The fourth-order valence-corrected chi connectivity index (χ4v) is 4.21. The molecule has 1 heterocycles. The van der Waals surface area contributed by atoms with Crippen molar-refractivity contribution in [2.24, 2.45) is 5.92 Å². The van der Waals surface area contributed by atoms with Gasteiger partial charge in [-0.3, -0.25) is 4.90 Å². The minimum Gasteiger partial charge on any atom is -0.304 e. The highest BCUT2D eigenvalue weighted by molar-refractivity contribution is 7.89. The number of piperazine rings is 1. The van der Waals surface area contributed by atoms with E-state index in [-0.39, 0.29) is 16.5 Å². The summed E-state index contributed by atoms with van der Waals surface area (Å²) in [6, 6.07) is 8.38. The first-order valence-electron chi connectivity index (χ1n) is 8.26. The lowest BCUT2D eigenvalue weighted by Crippen LogP contribution is -2.54. The van der Waals surface area contributed by atoms with Crippen LogP contribution in [0.3, 0.4) is 0 Å². The molecule has 0 aliphatic carbocycles. The molecule has 1 aliphatic rings. The average Bonchev–Trinajstić information content (AvgIpc) is 2.56. The number of hydrogen-bond donors (Lipinski definition) is 1. The van der Waals surface area contributed by atoms with Crippen molar-refractivity contribution in [3.63, 3.8) is 0 Å². The molecule has 1 saturated heterocycles. The van der Waals surface area contributed by atoms with Gasteiger partial charge in [0.1, 0.15) is 6.07 Å². The molecule has 0 aromatic heterocycles. The molecular formula is C17H26N4O2S. The van der Waals surface area contributed by atoms with Gasteiger partial charge < -0.3 is 4.90 Å². The summed E-state index contributed by atoms with van der Waals surface area (Å²) in [6.07, 6.45) is 0. The molecular weight excluding hydrogens is 324 g/mol. The van der Waals surface area contributed by atoms with Gasteiger partial charge in [-0.25, -0.2) is 13.1 Å². The van der Waals surface area contributed by atoms with Gasteiger partial charge in [-0.2, -0.15) is 5.26 Å². The van der Waals surface area contributed by atoms with Gasteiger partial charge in [0.15, 0.2) is 0 Å². The van der Waals surface area contributed by atoms with E-state index < -0.39 is 10.0 Å². The molecule has 7 heteroatoms. The van der Waals surface area contributed by atoms with Gasteiger partial charge in [-0.15, -0.1) is 0 Å². The van der Waals surface area contributed by atoms with Crippen LogP contribution in [0.5, 0.6) is 0 Å². The fourth-order valence-electron chi connectivity index (χ4n) is 3.01. The van der Waals surface area contributed by atoms with Gasteiger partial charge in [0.05, 0.1) is 10.5 Å². The van der Waals surface area contributed by atoms with E-state index in [1.54, 1.807) is 12.1 Å². The molecule has 1 fully saturated rings. The first kappa shape index (κ1) is 18.9. The Labute approximate surface area is 145 Å². The molecule has 0 spiro atoms. The van der Waals surface area contributed by atoms with Crippen molar-refractivity contribution >= 4 is 10.0 Å². The number of nitrogens with one attached hydrogen (secondary N) is 1. The first-order chi connectivity index (χ1) is 11.3. The van der Waals surface area contributed by atoms with Crippen LogP contribution in [0.15, 0.2) is 29.2 Å². The smallest absolute Gasteiger partial charge is 0.241 e. The molecule has 0 radical (unpaired) electrons. The van der Waals surface area contributed by atoms with E-state index in [0.717, 1.165) is 26.2 Å². The Morgan fingerprint density at radius 3 is 2.42 bits per heavy atom. The molecule has 1 unspecified atom stereocenters. The minimum absolute atomic E-state index is 0.0494. The quantitative estimate of drug-likeness (QED) is 0.832. The Hall–Kier alpha value is -1.46. The number of nitrogens with zero attached hydrogens (tertiary/aromatic N) is 3. The third-order valence-corrected chi connectivity index (χ3v) is 6.04. The SMILES string of the molecule is CC(C)C(CNS(=O)(=O)c1ccccc1C#N)N1CCN(C)CC1. The van der Waals surface area contributed by atoms with Gasteiger partial charge in [0.25, 0.3) is 0 Å². The van der Waals surface area contributed by atoms with Crippen LogP contribution in [0.25, 0.3) is 0 Å². The second kappa shape index (κ2) is 8.08. The number of rotatable bonds is 6. The van der Waals surface area contributed by atoms with Crippen LogP contribution in [-0.2, 0) is 10.0 Å². The fraction of sp³-hybridized carbons (Fsp3) is 0.588. The summed E-state index contributed by atoms with van der Waals surface area (Å²) in [5.41, 5.74) is 0.172. The van der Waals surface area contributed by atoms with Crippen LogP contribution in [0.4, 0.5) is 0 Å². The standard InChI is InChI=1S/C17H26N4O2S/c1-14(2)16(21-10-8-20(3)9-11-21)13-19-24(22,23)17-7-5-4-6-15(17)12-18/h4-7,14,16,19H,8-11,13H2,1-3H3. The highest BCUT2D eigenvalue weighted by Crippen LogP contribution is 2.17. The van der Waals surface area contributed by atoms with E-state index in [1.165, 1.54) is 12.1 Å². The topological polar surface area (TPSA) is 76.4 Å². The highest BCUT2D eigenvalue weighted by atomic mass is 32.2. The number of benzene rings is 1.